The number of amides is 2. The van der Waals surface area contributed by atoms with Crippen molar-refractivity contribution in [3.05, 3.63) is 77.4 Å². The number of imide groups is 1. The highest BCUT2D eigenvalue weighted by molar-refractivity contribution is 7.86. The Morgan fingerprint density at radius 3 is 2.12 bits per heavy atom. The number of carbonyl (C=O) groups is 4. The maximum atomic E-state index is 12.6. The first-order chi connectivity index (χ1) is 15.0. The van der Waals surface area contributed by atoms with E-state index in [0.717, 1.165) is 12.1 Å². The first-order valence-corrected chi connectivity index (χ1v) is 10.5. The van der Waals surface area contributed by atoms with Crippen LogP contribution in [0.3, 0.4) is 0 Å². The van der Waals surface area contributed by atoms with Crippen LogP contribution in [0.15, 0.2) is 65.6 Å². The average molecular weight is 459 g/mol. The quantitative estimate of drug-likeness (QED) is 0.264. The molecule has 1 atom stereocenters. The minimum absolute atomic E-state index is 0.00308. The SMILES string of the molecule is C=C(C)C(=O)OC(C)OC(=O)c1cccc(S(=O)(=O)ON2C(=O)c3ccccc3C2=O)c1. The van der Waals surface area contributed by atoms with E-state index in [1.165, 1.54) is 50.2 Å². The van der Waals surface area contributed by atoms with Crippen LogP contribution in [0.25, 0.3) is 0 Å². The lowest BCUT2D eigenvalue weighted by Gasteiger charge is -2.15. The zero-order valence-corrected chi connectivity index (χ0v) is 17.7. The summed E-state index contributed by atoms with van der Waals surface area (Å²) < 4.78 is 39.9. The Hall–Kier alpha value is -3.83. The first kappa shape index (κ1) is 22.8. The second-order valence-electron chi connectivity index (χ2n) is 6.67. The summed E-state index contributed by atoms with van der Waals surface area (Å²) in [6.07, 6.45) is -1.26. The third kappa shape index (κ3) is 4.58. The third-order valence-electron chi connectivity index (χ3n) is 4.18. The maximum Gasteiger partial charge on any atom is 0.341 e. The smallest absolute Gasteiger partial charge is 0.341 e. The molecule has 0 radical (unpaired) electrons. The molecule has 0 fully saturated rings. The summed E-state index contributed by atoms with van der Waals surface area (Å²) in [5, 5.41) is 0.143. The molecule has 1 aliphatic heterocycles. The Labute approximate surface area is 183 Å². The molecule has 1 unspecified atom stereocenters. The molecule has 0 bridgehead atoms. The van der Waals surface area contributed by atoms with Gasteiger partial charge in [0.15, 0.2) is 0 Å². The molecule has 0 spiro atoms. The molecule has 2 amide bonds. The molecule has 166 valence electrons. The molecule has 0 aliphatic carbocycles. The van der Waals surface area contributed by atoms with Gasteiger partial charge in [-0.2, -0.15) is 8.42 Å². The normalized spacial score (nSPS) is 14.0. The second kappa shape index (κ2) is 8.73. The summed E-state index contributed by atoms with van der Waals surface area (Å²) in [5.41, 5.74) is -0.0896. The lowest BCUT2D eigenvalue weighted by molar-refractivity contribution is -0.160. The van der Waals surface area contributed by atoms with Crippen LogP contribution in [0.1, 0.15) is 44.9 Å². The molecule has 1 heterocycles. The third-order valence-corrected chi connectivity index (χ3v) is 5.36. The van der Waals surface area contributed by atoms with Gasteiger partial charge < -0.3 is 9.47 Å². The number of nitrogens with zero attached hydrogens (tertiary/aromatic N) is 1. The minimum Gasteiger partial charge on any atom is -0.422 e. The van der Waals surface area contributed by atoms with E-state index in [2.05, 4.69) is 6.58 Å². The van der Waals surface area contributed by atoms with Crippen LogP contribution in [0, 0.1) is 0 Å². The fourth-order valence-electron chi connectivity index (χ4n) is 2.65. The Morgan fingerprint density at radius 1 is 0.969 bits per heavy atom. The average Bonchev–Trinajstić information content (AvgIpc) is 2.98. The van der Waals surface area contributed by atoms with Gasteiger partial charge in [0.25, 0.3) is 11.8 Å². The van der Waals surface area contributed by atoms with Crippen LogP contribution in [0.2, 0.25) is 0 Å². The van der Waals surface area contributed by atoms with Crippen molar-refractivity contribution in [2.75, 3.05) is 0 Å². The first-order valence-electron chi connectivity index (χ1n) is 9.11. The summed E-state index contributed by atoms with van der Waals surface area (Å²) in [6.45, 7) is 6.12. The molecule has 0 aromatic heterocycles. The van der Waals surface area contributed by atoms with Crippen LogP contribution >= 0.6 is 0 Å². The summed E-state index contributed by atoms with van der Waals surface area (Å²) in [7, 11) is -4.66. The molecule has 32 heavy (non-hydrogen) atoms. The number of hydrogen-bond acceptors (Lipinski definition) is 9. The molecule has 0 N–H and O–H groups in total. The van der Waals surface area contributed by atoms with Crippen molar-refractivity contribution < 1.29 is 41.4 Å². The van der Waals surface area contributed by atoms with Crippen molar-refractivity contribution in [1.29, 1.82) is 0 Å². The monoisotopic (exact) mass is 459 g/mol. The predicted octanol–water partition coefficient (Wildman–Crippen LogP) is 2.23. The number of hydrogen-bond donors (Lipinski definition) is 0. The Balaban J connectivity index is 1.76. The number of rotatable bonds is 7. The van der Waals surface area contributed by atoms with E-state index in [0.29, 0.717) is 0 Å². The summed E-state index contributed by atoms with van der Waals surface area (Å²) in [5.74, 6) is -3.61. The van der Waals surface area contributed by atoms with Crippen LogP contribution < -0.4 is 0 Å². The molecular formula is C21H17NO9S. The van der Waals surface area contributed by atoms with Gasteiger partial charge in [0.05, 0.1) is 21.6 Å². The highest BCUT2D eigenvalue weighted by Gasteiger charge is 2.40. The summed E-state index contributed by atoms with van der Waals surface area (Å²) in [4.78, 5) is 48.0. The van der Waals surface area contributed by atoms with E-state index in [9.17, 15) is 27.6 Å². The van der Waals surface area contributed by atoms with Crippen LogP contribution in [-0.4, -0.2) is 43.5 Å². The lowest BCUT2D eigenvalue weighted by Crippen LogP contribution is -2.32. The molecule has 10 nitrogen and oxygen atoms in total. The van der Waals surface area contributed by atoms with Crippen molar-refractivity contribution >= 4 is 33.9 Å². The minimum atomic E-state index is -4.66. The number of fused-ring (bicyclic) bond motifs is 1. The van der Waals surface area contributed by atoms with E-state index in [4.69, 9.17) is 13.8 Å². The fourth-order valence-corrected chi connectivity index (χ4v) is 3.58. The Kier molecular flexibility index (Phi) is 6.23. The molecular weight excluding hydrogens is 442 g/mol. The highest BCUT2D eigenvalue weighted by atomic mass is 32.2. The molecule has 0 saturated carbocycles. The van der Waals surface area contributed by atoms with Gasteiger partial charge in [-0.25, -0.2) is 9.59 Å². The van der Waals surface area contributed by atoms with Gasteiger partial charge >= 0.3 is 22.1 Å². The number of hydroxylamine groups is 2. The van der Waals surface area contributed by atoms with Gasteiger partial charge in [0.2, 0.25) is 6.29 Å². The van der Waals surface area contributed by atoms with Crippen molar-refractivity contribution in [2.24, 2.45) is 0 Å². The fraction of sp³-hybridized carbons (Fsp3) is 0.143. The summed E-state index contributed by atoms with van der Waals surface area (Å²) in [6, 6.07) is 10.3. The zero-order chi connectivity index (χ0) is 23.6. The van der Waals surface area contributed by atoms with Crippen LogP contribution in [0.4, 0.5) is 0 Å². The number of ether oxygens (including phenoxy) is 2. The van der Waals surface area contributed by atoms with Gasteiger partial charge in [0, 0.05) is 12.5 Å². The van der Waals surface area contributed by atoms with Crippen LogP contribution in [0.5, 0.6) is 0 Å². The van der Waals surface area contributed by atoms with Crippen LogP contribution in [-0.2, 0) is 28.7 Å². The number of esters is 2. The van der Waals surface area contributed by atoms with E-state index in [1.807, 2.05) is 0 Å². The van der Waals surface area contributed by atoms with Gasteiger partial charge in [-0.3, -0.25) is 9.59 Å². The van der Waals surface area contributed by atoms with Crippen molar-refractivity contribution in [2.45, 2.75) is 25.0 Å². The number of carbonyl (C=O) groups excluding carboxylic acids is 4. The molecule has 11 heteroatoms. The van der Waals surface area contributed by atoms with Gasteiger partial charge in [-0.15, -0.1) is 9.35 Å². The molecule has 1 aliphatic rings. The second-order valence-corrected chi connectivity index (χ2v) is 8.19. The van der Waals surface area contributed by atoms with Gasteiger partial charge in [0.1, 0.15) is 0 Å². The van der Waals surface area contributed by atoms with Crippen molar-refractivity contribution in [3.8, 4) is 0 Å². The largest absolute Gasteiger partial charge is 0.422 e. The molecule has 2 aromatic carbocycles. The number of benzene rings is 2. The zero-order valence-electron chi connectivity index (χ0n) is 16.9. The van der Waals surface area contributed by atoms with Gasteiger partial charge in [-0.05, 0) is 37.3 Å². The van der Waals surface area contributed by atoms with E-state index in [1.54, 1.807) is 0 Å². The summed E-state index contributed by atoms with van der Waals surface area (Å²) >= 11 is 0. The van der Waals surface area contributed by atoms with Gasteiger partial charge in [-0.1, -0.05) is 24.8 Å². The molecule has 2 aromatic rings. The van der Waals surface area contributed by atoms with E-state index in [-0.39, 0.29) is 27.3 Å². The van der Waals surface area contributed by atoms with E-state index >= 15 is 0 Å². The Bertz CT molecular complexity index is 1210. The molecule has 0 saturated heterocycles. The maximum absolute atomic E-state index is 12.6. The highest BCUT2D eigenvalue weighted by Crippen LogP contribution is 2.26. The topological polar surface area (TPSA) is 133 Å². The Morgan fingerprint density at radius 2 is 1.56 bits per heavy atom. The molecule has 3 rings (SSSR count). The predicted molar refractivity (Wildman–Crippen MR) is 107 cm³/mol. The van der Waals surface area contributed by atoms with Crippen molar-refractivity contribution in [3.63, 3.8) is 0 Å². The standard InChI is InChI=1S/C21H17NO9S/c1-12(2)20(25)29-13(3)30-21(26)14-7-6-8-15(11-14)32(27,28)31-22-18(23)16-9-4-5-10-17(16)19(22)24/h4-11,13H,1H2,2-3H3. The van der Waals surface area contributed by atoms with E-state index < -0.39 is 45.1 Å². The van der Waals surface area contributed by atoms with Crippen molar-refractivity contribution in [1.82, 2.24) is 5.06 Å². The lowest BCUT2D eigenvalue weighted by atomic mass is 10.1.